The molecule has 94 valence electrons. The fraction of sp³-hybridized carbons (Fsp3) is 0.125. The molecular formula is C8H5BrClN5O2S. The first kappa shape index (κ1) is 13.2. The lowest BCUT2D eigenvalue weighted by molar-refractivity contribution is -0.138. The molecule has 18 heavy (non-hydrogen) atoms. The van der Waals surface area contributed by atoms with Crippen LogP contribution in [0.4, 0.5) is 0 Å². The molecule has 0 spiro atoms. The highest BCUT2D eigenvalue weighted by molar-refractivity contribution is 9.10. The quantitative estimate of drug-likeness (QED) is 0.897. The molecule has 0 fully saturated rings. The van der Waals surface area contributed by atoms with Crippen molar-refractivity contribution >= 4 is 45.3 Å². The van der Waals surface area contributed by atoms with Crippen molar-refractivity contribution in [2.75, 3.05) is 0 Å². The first-order valence-electron chi connectivity index (χ1n) is 4.53. The molecule has 0 amide bonds. The monoisotopic (exact) mass is 349 g/mol. The SMILES string of the molecule is O=C(O)Cn1nnnc1Sc1ncc(Cl)cc1Br. The van der Waals surface area contributed by atoms with Crippen molar-refractivity contribution in [1.29, 1.82) is 0 Å². The number of nitrogens with zero attached hydrogens (tertiary/aromatic N) is 5. The summed E-state index contributed by atoms with van der Waals surface area (Å²) in [6, 6.07) is 1.68. The summed E-state index contributed by atoms with van der Waals surface area (Å²) in [5.41, 5.74) is 0. The Bertz CT molecular complexity index is 593. The number of tetrazole rings is 1. The Morgan fingerprint density at radius 3 is 3.06 bits per heavy atom. The lowest BCUT2D eigenvalue weighted by Gasteiger charge is -2.03. The second-order valence-electron chi connectivity index (χ2n) is 3.06. The molecule has 0 atom stereocenters. The molecule has 2 heterocycles. The maximum atomic E-state index is 10.6. The average molecular weight is 351 g/mol. The van der Waals surface area contributed by atoms with Gasteiger partial charge < -0.3 is 5.11 Å². The lowest BCUT2D eigenvalue weighted by Crippen LogP contribution is -2.11. The second-order valence-corrected chi connectivity index (χ2v) is 5.30. The van der Waals surface area contributed by atoms with Gasteiger partial charge in [0.25, 0.3) is 0 Å². The van der Waals surface area contributed by atoms with E-state index in [4.69, 9.17) is 16.7 Å². The van der Waals surface area contributed by atoms with E-state index < -0.39 is 5.97 Å². The third-order valence-corrected chi connectivity index (χ3v) is 3.81. The summed E-state index contributed by atoms with van der Waals surface area (Å²) in [5.74, 6) is -1.02. The summed E-state index contributed by atoms with van der Waals surface area (Å²) < 4.78 is 1.86. The van der Waals surface area contributed by atoms with E-state index in [0.717, 1.165) is 11.8 Å². The highest BCUT2D eigenvalue weighted by atomic mass is 79.9. The molecule has 0 radical (unpaired) electrons. The summed E-state index contributed by atoms with van der Waals surface area (Å²) in [7, 11) is 0. The summed E-state index contributed by atoms with van der Waals surface area (Å²) in [6.07, 6.45) is 1.49. The van der Waals surface area contributed by atoms with Gasteiger partial charge in [-0.2, -0.15) is 0 Å². The van der Waals surface area contributed by atoms with Crippen molar-refractivity contribution < 1.29 is 9.90 Å². The highest BCUT2D eigenvalue weighted by Gasteiger charge is 2.13. The van der Waals surface area contributed by atoms with Crippen LogP contribution in [0.5, 0.6) is 0 Å². The number of carboxylic acids is 1. The molecule has 0 aliphatic carbocycles. The van der Waals surface area contributed by atoms with Crippen LogP contribution in [-0.4, -0.2) is 36.3 Å². The smallest absolute Gasteiger partial charge is 0.325 e. The number of halogens is 2. The molecule has 0 bridgehead atoms. The van der Waals surface area contributed by atoms with Gasteiger partial charge in [-0.25, -0.2) is 9.67 Å². The number of rotatable bonds is 4. The van der Waals surface area contributed by atoms with Gasteiger partial charge in [-0.1, -0.05) is 11.6 Å². The molecule has 0 aromatic carbocycles. The average Bonchev–Trinajstić information content (AvgIpc) is 2.69. The molecule has 0 saturated carbocycles. The maximum absolute atomic E-state index is 10.6. The van der Waals surface area contributed by atoms with Crippen LogP contribution in [-0.2, 0) is 11.3 Å². The summed E-state index contributed by atoms with van der Waals surface area (Å²) >= 11 is 10.2. The van der Waals surface area contributed by atoms with Gasteiger partial charge in [-0.05, 0) is 44.2 Å². The van der Waals surface area contributed by atoms with Gasteiger partial charge in [0.05, 0.1) is 9.50 Å². The van der Waals surface area contributed by atoms with E-state index in [1.165, 1.54) is 10.9 Å². The Labute approximate surface area is 119 Å². The largest absolute Gasteiger partial charge is 0.480 e. The number of hydrogen-bond acceptors (Lipinski definition) is 6. The number of aromatic nitrogens is 5. The van der Waals surface area contributed by atoms with Crippen molar-refractivity contribution in [3.8, 4) is 0 Å². The minimum Gasteiger partial charge on any atom is -0.480 e. The van der Waals surface area contributed by atoms with Crippen LogP contribution in [0.25, 0.3) is 0 Å². The first-order valence-corrected chi connectivity index (χ1v) is 6.52. The third kappa shape index (κ3) is 3.18. The molecule has 2 rings (SSSR count). The van der Waals surface area contributed by atoms with Crippen LogP contribution in [0.15, 0.2) is 26.9 Å². The number of carbonyl (C=O) groups is 1. The van der Waals surface area contributed by atoms with E-state index in [2.05, 4.69) is 36.4 Å². The maximum Gasteiger partial charge on any atom is 0.325 e. The number of hydrogen-bond donors (Lipinski definition) is 1. The Morgan fingerprint density at radius 2 is 2.39 bits per heavy atom. The van der Waals surface area contributed by atoms with Crippen LogP contribution in [0.2, 0.25) is 5.02 Å². The van der Waals surface area contributed by atoms with E-state index in [1.807, 2.05) is 0 Å². The summed E-state index contributed by atoms with van der Waals surface area (Å²) in [6.45, 7) is -0.305. The fourth-order valence-electron chi connectivity index (χ4n) is 1.06. The molecule has 2 aromatic rings. The van der Waals surface area contributed by atoms with Gasteiger partial charge in [-0.3, -0.25) is 4.79 Å². The molecule has 1 N–H and O–H groups in total. The van der Waals surface area contributed by atoms with Crippen LogP contribution >= 0.6 is 39.3 Å². The van der Waals surface area contributed by atoms with Crippen molar-refractivity contribution in [2.45, 2.75) is 16.7 Å². The lowest BCUT2D eigenvalue weighted by atomic mass is 10.5. The van der Waals surface area contributed by atoms with Gasteiger partial charge >= 0.3 is 5.97 Å². The van der Waals surface area contributed by atoms with E-state index in [-0.39, 0.29) is 6.54 Å². The Kier molecular flexibility index (Phi) is 4.15. The van der Waals surface area contributed by atoms with Gasteiger partial charge in [0, 0.05) is 6.20 Å². The van der Waals surface area contributed by atoms with Crippen LogP contribution in [0.1, 0.15) is 0 Å². The van der Waals surface area contributed by atoms with Crippen molar-refractivity contribution in [1.82, 2.24) is 25.2 Å². The van der Waals surface area contributed by atoms with Gasteiger partial charge in [0.1, 0.15) is 11.6 Å². The zero-order valence-electron chi connectivity index (χ0n) is 8.62. The van der Waals surface area contributed by atoms with Gasteiger partial charge in [0.15, 0.2) is 0 Å². The minimum absolute atomic E-state index is 0.305. The van der Waals surface area contributed by atoms with E-state index in [0.29, 0.717) is 19.7 Å². The van der Waals surface area contributed by atoms with Crippen LogP contribution in [0, 0.1) is 0 Å². The Morgan fingerprint density at radius 1 is 1.61 bits per heavy atom. The minimum atomic E-state index is -1.02. The molecule has 0 aliphatic rings. The molecule has 0 aliphatic heterocycles. The summed E-state index contributed by atoms with van der Waals surface area (Å²) in [4.78, 5) is 14.7. The van der Waals surface area contributed by atoms with Crippen molar-refractivity contribution in [3.63, 3.8) is 0 Å². The molecular weight excluding hydrogens is 346 g/mol. The van der Waals surface area contributed by atoms with Gasteiger partial charge in [0.2, 0.25) is 5.16 Å². The van der Waals surface area contributed by atoms with E-state index in [9.17, 15) is 4.79 Å². The predicted molar refractivity (Wildman–Crippen MR) is 66.5 cm³/mol. The van der Waals surface area contributed by atoms with Crippen LogP contribution in [0.3, 0.4) is 0 Å². The fourth-order valence-corrected chi connectivity index (χ4v) is 2.66. The van der Waals surface area contributed by atoms with E-state index >= 15 is 0 Å². The molecule has 2 aromatic heterocycles. The number of pyridine rings is 1. The normalized spacial score (nSPS) is 10.6. The Balaban J connectivity index is 2.23. The topological polar surface area (TPSA) is 93.8 Å². The Hall–Kier alpha value is -1.19. The second kappa shape index (κ2) is 5.63. The van der Waals surface area contributed by atoms with Gasteiger partial charge in [-0.15, -0.1) is 5.10 Å². The number of aliphatic carboxylic acids is 1. The predicted octanol–water partition coefficient (Wildman–Crippen LogP) is 1.72. The zero-order valence-corrected chi connectivity index (χ0v) is 11.8. The molecule has 7 nitrogen and oxygen atoms in total. The van der Waals surface area contributed by atoms with Crippen molar-refractivity contribution in [3.05, 3.63) is 21.8 Å². The number of carboxylic acid groups (broad SMARTS) is 1. The zero-order chi connectivity index (χ0) is 13.1. The molecule has 0 saturated heterocycles. The molecule has 0 unspecified atom stereocenters. The summed E-state index contributed by atoms with van der Waals surface area (Å²) in [5, 5.41) is 20.9. The van der Waals surface area contributed by atoms with E-state index in [1.54, 1.807) is 6.07 Å². The highest BCUT2D eigenvalue weighted by Crippen LogP contribution is 2.31. The first-order chi connectivity index (χ1) is 8.56. The van der Waals surface area contributed by atoms with Crippen molar-refractivity contribution in [2.24, 2.45) is 0 Å². The third-order valence-electron chi connectivity index (χ3n) is 1.75. The van der Waals surface area contributed by atoms with Crippen LogP contribution < -0.4 is 0 Å². The molecule has 10 heteroatoms. The standard InChI is InChI=1S/C8H5BrClN5O2S/c9-5-1-4(10)2-11-7(5)18-8-12-13-14-15(8)3-6(16)17/h1-2H,3H2,(H,16,17).